The van der Waals surface area contributed by atoms with E-state index in [-0.39, 0.29) is 5.56 Å². The maximum atomic E-state index is 12.1. The van der Waals surface area contributed by atoms with Crippen LogP contribution in [0.3, 0.4) is 0 Å². The number of carbonyl (C=O) groups is 2. The van der Waals surface area contributed by atoms with Crippen LogP contribution in [-0.2, 0) is 0 Å². The van der Waals surface area contributed by atoms with Crippen LogP contribution in [0.2, 0.25) is 0 Å². The van der Waals surface area contributed by atoms with Crippen LogP contribution in [0, 0.1) is 11.3 Å². The Labute approximate surface area is 138 Å². The van der Waals surface area contributed by atoms with E-state index in [2.05, 4.69) is 10.9 Å². The first-order valence-electron chi connectivity index (χ1n) is 6.91. The summed E-state index contributed by atoms with van der Waals surface area (Å²) in [5.74, 6) is -0.104. The minimum absolute atomic E-state index is 0.270. The van der Waals surface area contributed by atoms with Crippen molar-refractivity contribution in [3.8, 4) is 17.6 Å². The van der Waals surface area contributed by atoms with Gasteiger partial charge in [-0.25, -0.2) is 0 Å². The molecule has 0 radical (unpaired) electrons. The number of amides is 2. The van der Waals surface area contributed by atoms with Gasteiger partial charge in [0.15, 0.2) is 0 Å². The van der Waals surface area contributed by atoms with E-state index in [0.717, 1.165) is 0 Å². The van der Waals surface area contributed by atoms with E-state index < -0.39 is 11.8 Å². The quantitative estimate of drug-likeness (QED) is 0.833. The highest BCUT2D eigenvalue weighted by Crippen LogP contribution is 2.22. The third-order valence-corrected chi connectivity index (χ3v) is 3.18. The van der Waals surface area contributed by atoms with Crippen molar-refractivity contribution in [1.29, 1.82) is 5.26 Å². The number of nitrogens with one attached hydrogen (secondary N) is 2. The summed E-state index contributed by atoms with van der Waals surface area (Å²) in [6, 6.07) is 12.7. The van der Waals surface area contributed by atoms with Crippen molar-refractivity contribution in [1.82, 2.24) is 10.9 Å². The Hall–Kier alpha value is -3.53. The van der Waals surface area contributed by atoms with Crippen molar-refractivity contribution in [2.24, 2.45) is 0 Å². The number of hydrogen-bond acceptors (Lipinski definition) is 5. The Morgan fingerprint density at radius 3 is 1.83 bits per heavy atom. The minimum atomic E-state index is -0.519. The molecule has 2 N–H and O–H groups in total. The highest BCUT2D eigenvalue weighted by Gasteiger charge is 2.12. The molecule has 0 heterocycles. The third-order valence-electron chi connectivity index (χ3n) is 3.18. The van der Waals surface area contributed by atoms with Crippen molar-refractivity contribution in [3.05, 3.63) is 59.2 Å². The zero-order valence-corrected chi connectivity index (χ0v) is 13.1. The second kappa shape index (κ2) is 7.65. The Bertz CT molecular complexity index is 772. The number of rotatable bonds is 4. The van der Waals surface area contributed by atoms with Crippen LogP contribution in [0.15, 0.2) is 42.5 Å². The first kappa shape index (κ1) is 16.8. The van der Waals surface area contributed by atoms with E-state index in [0.29, 0.717) is 22.6 Å². The minimum Gasteiger partial charge on any atom is -0.497 e. The van der Waals surface area contributed by atoms with Gasteiger partial charge in [0.1, 0.15) is 11.5 Å². The zero-order valence-electron chi connectivity index (χ0n) is 13.1. The SMILES string of the molecule is COc1cc(OC)cc(C(=O)NNC(=O)c2ccc(C#N)cc2)c1. The highest BCUT2D eigenvalue weighted by atomic mass is 16.5. The Balaban J connectivity index is 2.04. The predicted molar refractivity (Wildman–Crippen MR) is 85.6 cm³/mol. The molecule has 24 heavy (non-hydrogen) atoms. The molecule has 0 aliphatic heterocycles. The summed E-state index contributed by atoms with van der Waals surface area (Å²) >= 11 is 0. The number of carbonyl (C=O) groups excluding carboxylic acids is 2. The average Bonchev–Trinajstić information content (AvgIpc) is 2.65. The Morgan fingerprint density at radius 2 is 1.38 bits per heavy atom. The van der Waals surface area contributed by atoms with E-state index in [1.54, 1.807) is 6.07 Å². The Morgan fingerprint density at radius 1 is 0.875 bits per heavy atom. The predicted octanol–water partition coefficient (Wildman–Crippen LogP) is 1.65. The van der Waals surface area contributed by atoms with Gasteiger partial charge in [0.05, 0.1) is 25.9 Å². The van der Waals surface area contributed by atoms with Crippen LogP contribution in [0.5, 0.6) is 11.5 Å². The fourth-order valence-electron chi connectivity index (χ4n) is 1.89. The normalized spacial score (nSPS) is 9.54. The van der Waals surface area contributed by atoms with Crippen molar-refractivity contribution in [2.75, 3.05) is 14.2 Å². The molecule has 0 aromatic heterocycles. The lowest BCUT2D eigenvalue weighted by Gasteiger charge is -2.10. The molecule has 0 saturated carbocycles. The van der Waals surface area contributed by atoms with Crippen molar-refractivity contribution >= 4 is 11.8 Å². The lowest BCUT2D eigenvalue weighted by atomic mass is 10.1. The fraction of sp³-hybridized carbons (Fsp3) is 0.118. The lowest BCUT2D eigenvalue weighted by molar-refractivity contribution is 0.0846. The van der Waals surface area contributed by atoms with Gasteiger partial charge in [-0.1, -0.05) is 0 Å². The molecule has 0 saturated heterocycles. The van der Waals surface area contributed by atoms with E-state index in [1.807, 2.05) is 6.07 Å². The largest absolute Gasteiger partial charge is 0.497 e. The summed E-state index contributed by atoms with van der Waals surface area (Å²) in [6.07, 6.45) is 0. The van der Waals surface area contributed by atoms with Gasteiger partial charge in [0.25, 0.3) is 11.8 Å². The van der Waals surface area contributed by atoms with E-state index in [1.165, 1.54) is 50.6 Å². The number of hydrazine groups is 1. The van der Waals surface area contributed by atoms with Crippen molar-refractivity contribution < 1.29 is 19.1 Å². The zero-order chi connectivity index (χ0) is 17.5. The third kappa shape index (κ3) is 4.01. The van der Waals surface area contributed by atoms with E-state index in [4.69, 9.17) is 14.7 Å². The van der Waals surface area contributed by atoms with Gasteiger partial charge >= 0.3 is 0 Å². The van der Waals surface area contributed by atoms with Crippen LogP contribution in [0.25, 0.3) is 0 Å². The average molecular weight is 325 g/mol. The number of hydrogen-bond donors (Lipinski definition) is 2. The molecule has 0 fully saturated rings. The molecule has 0 atom stereocenters. The van der Waals surface area contributed by atoms with Gasteiger partial charge in [-0.3, -0.25) is 20.4 Å². The molecule has 0 aliphatic rings. The molecule has 2 aromatic carbocycles. The van der Waals surface area contributed by atoms with Gasteiger partial charge in [0, 0.05) is 17.2 Å². The molecule has 2 aromatic rings. The van der Waals surface area contributed by atoms with Gasteiger partial charge in [-0.2, -0.15) is 5.26 Å². The van der Waals surface area contributed by atoms with Crippen LogP contribution >= 0.6 is 0 Å². The summed E-state index contributed by atoms with van der Waals surface area (Å²) in [5.41, 5.74) is 5.65. The van der Waals surface area contributed by atoms with Gasteiger partial charge < -0.3 is 9.47 Å². The van der Waals surface area contributed by atoms with Crippen LogP contribution in [0.1, 0.15) is 26.3 Å². The number of methoxy groups -OCH3 is 2. The first-order valence-corrected chi connectivity index (χ1v) is 6.91. The van der Waals surface area contributed by atoms with Crippen molar-refractivity contribution in [3.63, 3.8) is 0 Å². The molecule has 0 unspecified atom stereocenters. The highest BCUT2D eigenvalue weighted by molar-refractivity contribution is 5.99. The maximum absolute atomic E-state index is 12.1. The lowest BCUT2D eigenvalue weighted by Crippen LogP contribution is -2.41. The van der Waals surface area contributed by atoms with Crippen LogP contribution in [-0.4, -0.2) is 26.0 Å². The summed E-state index contributed by atoms with van der Waals surface area (Å²) in [6.45, 7) is 0. The van der Waals surface area contributed by atoms with E-state index >= 15 is 0 Å². The van der Waals surface area contributed by atoms with E-state index in [9.17, 15) is 9.59 Å². The Kier molecular flexibility index (Phi) is 5.36. The second-order valence-electron chi connectivity index (χ2n) is 4.70. The summed E-state index contributed by atoms with van der Waals surface area (Å²) in [7, 11) is 2.95. The molecule has 0 aliphatic carbocycles. The topological polar surface area (TPSA) is 100 Å². The molecular formula is C17H15N3O4. The van der Waals surface area contributed by atoms with Crippen LogP contribution < -0.4 is 20.3 Å². The standard InChI is InChI=1S/C17H15N3O4/c1-23-14-7-13(8-15(9-14)24-2)17(22)20-19-16(21)12-5-3-11(10-18)4-6-12/h3-9H,1-2H3,(H,19,21)(H,20,22). The molecule has 2 rings (SSSR count). The van der Waals surface area contributed by atoms with Gasteiger partial charge in [-0.05, 0) is 36.4 Å². The molecule has 7 heteroatoms. The summed E-state index contributed by atoms with van der Waals surface area (Å²) < 4.78 is 10.2. The maximum Gasteiger partial charge on any atom is 0.269 e. The second-order valence-corrected chi connectivity index (χ2v) is 4.70. The summed E-state index contributed by atoms with van der Waals surface area (Å²) in [5, 5.41) is 8.73. The molecule has 7 nitrogen and oxygen atoms in total. The molecular weight excluding hydrogens is 310 g/mol. The molecule has 2 amide bonds. The molecule has 0 bridgehead atoms. The number of benzene rings is 2. The number of nitriles is 1. The number of ether oxygens (including phenoxy) is 2. The molecule has 122 valence electrons. The number of nitrogens with zero attached hydrogens (tertiary/aromatic N) is 1. The van der Waals surface area contributed by atoms with Gasteiger partial charge in [0.2, 0.25) is 0 Å². The smallest absolute Gasteiger partial charge is 0.269 e. The monoisotopic (exact) mass is 325 g/mol. The van der Waals surface area contributed by atoms with Gasteiger partial charge in [-0.15, -0.1) is 0 Å². The summed E-state index contributed by atoms with van der Waals surface area (Å²) in [4.78, 5) is 24.1. The fourth-order valence-corrected chi connectivity index (χ4v) is 1.89. The van der Waals surface area contributed by atoms with Crippen molar-refractivity contribution in [2.45, 2.75) is 0 Å². The van der Waals surface area contributed by atoms with Crippen LogP contribution in [0.4, 0.5) is 0 Å². The molecule has 0 spiro atoms. The first-order chi connectivity index (χ1) is 11.6.